The van der Waals surface area contributed by atoms with Gasteiger partial charge in [-0.1, -0.05) is 0 Å². The van der Waals surface area contributed by atoms with Gasteiger partial charge in [0.25, 0.3) is 32.4 Å². The molecule has 3 N–H and O–H groups in total. The summed E-state index contributed by atoms with van der Waals surface area (Å²) in [7, 11) is -7.43. The van der Waals surface area contributed by atoms with Gasteiger partial charge in [0.2, 0.25) is 0 Å². The van der Waals surface area contributed by atoms with Crippen LogP contribution in [0.2, 0.25) is 0 Å². The summed E-state index contributed by atoms with van der Waals surface area (Å²) in [5.74, 6) is 0. The monoisotopic (exact) mass is 328 g/mol. The molecule has 0 amide bonds. The molecule has 0 aliphatic heterocycles. The Balaban J connectivity index is -0.0000000600. The van der Waals surface area contributed by atoms with Crippen LogP contribution in [-0.4, -0.2) is 34.0 Å². The maximum atomic E-state index is 8.52. The predicted molar refractivity (Wildman–Crippen MR) is 31.3 cm³/mol. The lowest BCUT2D eigenvalue weighted by molar-refractivity contribution is -1.63. The van der Waals surface area contributed by atoms with Gasteiger partial charge >= 0.3 is 0 Å². The minimum absolute atomic E-state index is 0.380. The fourth-order valence-electron chi connectivity index (χ4n) is 0. The van der Waals surface area contributed by atoms with E-state index in [1.165, 1.54) is 0 Å². The molecule has 0 aromatic rings. The Bertz CT molecular complexity index is 69.0. The first-order chi connectivity index (χ1) is 6.93. The van der Waals surface area contributed by atoms with Gasteiger partial charge in [0.1, 0.15) is 0 Å². The highest BCUT2D eigenvalue weighted by molar-refractivity contribution is 7.55. The molecule has 0 rings (SSSR count). The van der Waals surface area contributed by atoms with Crippen LogP contribution in [-0.2, 0) is 0 Å². The summed E-state index contributed by atoms with van der Waals surface area (Å²) in [4.78, 5) is 0. The van der Waals surface area contributed by atoms with Crippen LogP contribution >= 0.6 is 7.92 Å². The molecule has 0 aromatic carbocycles. The van der Waals surface area contributed by atoms with Gasteiger partial charge < -0.3 is 28.0 Å². The van der Waals surface area contributed by atoms with Crippen molar-refractivity contribution in [2.75, 3.05) is 20.0 Å². The zero-order valence-electron chi connectivity index (χ0n) is 8.37. The summed E-state index contributed by atoms with van der Waals surface area (Å²) in [6, 6.07) is 0. The lowest BCUT2D eigenvalue weighted by atomic mass is 11.9. The molecule has 9 nitrogen and oxygen atoms in total. The Morgan fingerprint density at radius 2 is 0.625 bits per heavy atom. The van der Waals surface area contributed by atoms with Crippen LogP contribution in [0, 0.1) is 32.4 Å². The molecule has 0 saturated heterocycles. The zero-order chi connectivity index (χ0) is 14.3. The lowest BCUT2D eigenvalue weighted by Gasteiger charge is -1.81. The third kappa shape index (κ3) is 3290. The van der Waals surface area contributed by atoms with Crippen molar-refractivity contribution in [3.8, 4) is 0 Å². The average Bonchev–Trinajstić information content (AvgIpc) is 1.76. The van der Waals surface area contributed by atoms with Crippen molar-refractivity contribution in [1.29, 1.82) is 0 Å². The highest BCUT2D eigenvalue weighted by Gasteiger charge is 1.80. The highest BCUT2D eigenvalue weighted by Crippen LogP contribution is 2.14. The van der Waals surface area contributed by atoms with Crippen LogP contribution in [0.25, 0.3) is 0 Å². The molecule has 16 heavy (non-hydrogen) atoms. The van der Waals surface area contributed by atoms with Crippen LogP contribution in [0.5, 0.6) is 0 Å². The summed E-state index contributed by atoms with van der Waals surface area (Å²) < 4.78 is 71.9. The van der Waals surface area contributed by atoms with Gasteiger partial charge in [0.15, 0.2) is 0 Å². The predicted octanol–water partition coefficient (Wildman–Crippen LogP) is -7.45. The van der Waals surface area contributed by atoms with Gasteiger partial charge in [-0.3, -0.25) is 0 Å². The van der Waals surface area contributed by atoms with Crippen molar-refractivity contribution in [1.82, 2.24) is 0 Å². The van der Waals surface area contributed by atoms with Crippen molar-refractivity contribution < 1.29 is 74.3 Å². The Morgan fingerprint density at radius 3 is 0.625 bits per heavy atom. The Kier molecular flexibility index (Phi) is 34.1. The van der Waals surface area contributed by atoms with Crippen molar-refractivity contribution in [2.24, 2.45) is 0 Å². The van der Waals surface area contributed by atoms with Crippen LogP contribution in [0.15, 0.2) is 0 Å². The van der Waals surface area contributed by atoms with Gasteiger partial charge in [-0.2, -0.15) is 0 Å². The van der Waals surface area contributed by atoms with E-state index < -0.39 is 32.4 Å². The van der Waals surface area contributed by atoms with Crippen LogP contribution in [0.1, 0.15) is 0 Å². The number of rotatable bonds is 0. The van der Waals surface area contributed by atoms with E-state index in [1.807, 2.05) is 0 Å². The summed E-state index contributed by atoms with van der Waals surface area (Å²) >= 11 is 0. The summed E-state index contributed by atoms with van der Waals surface area (Å²) in [5, 5.41) is 0. The van der Waals surface area contributed by atoms with Crippen LogP contribution < -0.4 is 28.0 Å². The zero-order valence-corrected chi connectivity index (χ0v) is 11.5. The fraction of sp³-hybridized carbons (Fsp3) is 1.00. The second-order valence-electron chi connectivity index (χ2n) is 1.94. The molecule has 0 unspecified atom stereocenters. The van der Waals surface area contributed by atoms with E-state index in [4.69, 9.17) is 41.9 Å². The first-order valence-electron chi connectivity index (χ1n) is 2.77. The maximum Gasteiger partial charge on any atom is 0.282 e. The quantitative estimate of drug-likeness (QED) is 0.361. The molecule has 13 heteroatoms. The van der Waals surface area contributed by atoms with Gasteiger partial charge in [0.05, 0.1) is 0 Å². The molecule has 0 saturated carbocycles. The second-order valence-corrected chi connectivity index (χ2v) is 5.83. The molecule has 0 heterocycles. The molecule has 0 aliphatic rings. The normalized spacial score (nSPS) is 9.00. The first-order valence-corrected chi connectivity index (χ1v) is 8.32. The smallest absolute Gasteiger partial charge is 0.282 e. The van der Waals surface area contributed by atoms with Crippen molar-refractivity contribution in [3.05, 3.63) is 0 Å². The van der Waals surface area contributed by atoms with Gasteiger partial charge in [-0.05, 0) is 20.0 Å². The maximum absolute atomic E-state index is 8.52. The second kappa shape index (κ2) is 21.2. The molecule has 0 aliphatic carbocycles. The molecule has 0 bridgehead atoms. The van der Waals surface area contributed by atoms with E-state index in [2.05, 4.69) is 20.0 Å². The lowest BCUT2D eigenvalue weighted by Crippen LogP contribution is -2.30. The molecule has 0 fully saturated rings. The SMILES string of the molecule is CP(C)C.[O-][Cl+2]([O-])O.[O-][Cl+2]([O-])O.[O-][Cl+2]([O-])O. The van der Waals surface area contributed by atoms with E-state index in [9.17, 15) is 0 Å². The molecule has 0 aromatic heterocycles. The Labute approximate surface area is 103 Å². The first kappa shape index (κ1) is 25.7. The third-order valence-corrected chi connectivity index (χ3v) is 0. The molecular formula is C3H12Cl3O9P. The fourth-order valence-corrected chi connectivity index (χ4v) is 0. The van der Waals surface area contributed by atoms with Crippen molar-refractivity contribution >= 4 is 7.92 Å². The summed E-state index contributed by atoms with van der Waals surface area (Å²) in [6.07, 6.45) is 0. The van der Waals surface area contributed by atoms with Gasteiger partial charge in [0, 0.05) is 14.0 Å². The van der Waals surface area contributed by atoms with E-state index in [0.717, 1.165) is 0 Å². The molecule has 0 radical (unpaired) electrons. The summed E-state index contributed by atoms with van der Waals surface area (Å²) in [6.45, 7) is 6.69. The molecule has 0 atom stereocenters. The number of hydrogen-bond acceptors (Lipinski definition) is 9. The minimum atomic E-state index is -2.60. The van der Waals surface area contributed by atoms with Crippen LogP contribution in [0.4, 0.5) is 0 Å². The van der Waals surface area contributed by atoms with Crippen molar-refractivity contribution in [2.45, 2.75) is 0 Å². The van der Waals surface area contributed by atoms with Crippen LogP contribution in [0.3, 0.4) is 0 Å². The van der Waals surface area contributed by atoms with E-state index in [0.29, 0.717) is 7.92 Å². The number of halogens is 3. The van der Waals surface area contributed by atoms with Gasteiger partial charge in [-0.25, -0.2) is 0 Å². The average molecular weight is 329 g/mol. The Hall–Kier alpha value is 0.940. The summed E-state index contributed by atoms with van der Waals surface area (Å²) in [5.41, 5.74) is 0. The molecule has 104 valence electrons. The highest BCUT2D eigenvalue weighted by atomic mass is 35.6. The van der Waals surface area contributed by atoms with Crippen molar-refractivity contribution in [3.63, 3.8) is 0 Å². The topological polar surface area (TPSA) is 199 Å². The largest absolute Gasteiger partial charge is 0.321 e. The number of hydrogen-bond donors (Lipinski definition) is 3. The standard InChI is InChI=1S/C3H9P.3ClHO3/c1-4(2)3;3*2-1(3)4/h1-3H3;3*2H. The molecular weight excluding hydrogens is 317 g/mol. The molecule has 0 spiro atoms. The Morgan fingerprint density at radius 1 is 0.625 bits per heavy atom. The van der Waals surface area contributed by atoms with E-state index in [1.54, 1.807) is 0 Å². The van der Waals surface area contributed by atoms with Gasteiger partial charge in [-0.15, -0.1) is 7.92 Å². The minimum Gasteiger partial charge on any atom is -0.321 e. The van der Waals surface area contributed by atoms with E-state index in [-0.39, 0.29) is 0 Å². The third-order valence-electron chi connectivity index (χ3n) is 0. The van der Waals surface area contributed by atoms with E-state index >= 15 is 0 Å².